The largest absolute Gasteiger partial charge is 0.462 e. The summed E-state index contributed by atoms with van der Waals surface area (Å²) in [7, 11) is 3.60. The van der Waals surface area contributed by atoms with Gasteiger partial charge in [-0.15, -0.1) is 11.3 Å². The predicted molar refractivity (Wildman–Crippen MR) is 102 cm³/mol. The summed E-state index contributed by atoms with van der Waals surface area (Å²) in [6, 6.07) is 0. The zero-order valence-corrected chi connectivity index (χ0v) is 16.7. The number of hydrogen-bond acceptors (Lipinski definition) is 7. The molecule has 0 aromatic carbocycles. The highest BCUT2D eigenvalue weighted by molar-refractivity contribution is 8.23. The lowest BCUT2D eigenvalue weighted by molar-refractivity contribution is -0.113. The number of ether oxygens (including phenoxy) is 1. The van der Waals surface area contributed by atoms with Gasteiger partial charge in [-0.2, -0.15) is 0 Å². The maximum Gasteiger partial charge on any atom is 0.341 e. The second-order valence-electron chi connectivity index (χ2n) is 5.03. The van der Waals surface area contributed by atoms with Crippen molar-refractivity contribution >= 4 is 62.3 Å². The summed E-state index contributed by atoms with van der Waals surface area (Å²) in [6.45, 7) is 5.00. The van der Waals surface area contributed by atoms with Crippen molar-refractivity contribution in [2.24, 2.45) is 0 Å². The van der Waals surface area contributed by atoms with E-state index in [0.29, 0.717) is 19.8 Å². The maximum atomic E-state index is 12.1. The van der Waals surface area contributed by atoms with Gasteiger partial charge in [0.2, 0.25) is 5.91 Å². The number of rotatable bonds is 6. The molecule has 0 atom stereocenters. The molecule has 0 radical (unpaired) electrons. The molecular formula is C15H20N2O4S3. The molecule has 1 rings (SSSR count). The van der Waals surface area contributed by atoms with E-state index in [1.165, 1.54) is 18.7 Å². The lowest BCUT2D eigenvalue weighted by Crippen LogP contribution is -2.21. The maximum absolute atomic E-state index is 12.1. The van der Waals surface area contributed by atoms with Gasteiger partial charge in [-0.3, -0.25) is 9.59 Å². The van der Waals surface area contributed by atoms with E-state index in [9.17, 15) is 14.4 Å². The summed E-state index contributed by atoms with van der Waals surface area (Å²) in [5.74, 6) is -0.894. The van der Waals surface area contributed by atoms with Crippen LogP contribution in [0.2, 0.25) is 0 Å². The molecule has 0 saturated heterocycles. The number of carbonyl (C=O) groups is 3. The molecule has 1 heterocycles. The molecule has 24 heavy (non-hydrogen) atoms. The minimum Gasteiger partial charge on any atom is -0.462 e. The SMILES string of the molecule is CCOC(=O)c1c(NC(=O)CSC(=S)N(C)C)sc(C(C)=O)c1C. The Morgan fingerprint density at radius 2 is 1.96 bits per heavy atom. The number of nitrogens with zero attached hydrogens (tertiary/aromatic N) is 1. The van der Waals surface area contributed by atoms with Gasteiger partial charge in [0.25, 0.3) is 0 Å². The van der Waals surface area contributed by atoms with E-state index >= 15 is 0 Å². The standard InChI is InChI=1S/C15H20N2O4S3/c1-6-21-14(20)11-8(2)12(9(3)18)24-13(11)16-10(19)7-23-15(22)17(4)5/h6-7H2,1-5H3,(H,16,19). The first-order valence-corrected chi connectivity index (χ1v) is 9.35. The van der Waals surface area contributed by atoms with E-state index in [1.54, 1.807) is 32.8 Å². The number of hydrogen-bond donors (Lipinski definition) is 1. The van der Waals surface area contributed by atoms with Crippen LogP contribution in [0.3, 0.4) is 0 Å². The van der Waals surface area contributed by atoms with Gasteiger partial charge in [0, 0.05) is 14.1 Å². The molecule has 0 fully saturated rings. The van der Waals surface area contributed by atoms with Crippen molar-refractivity contribution in [3.8, 4) is 0 Å². The molecule has 1 N–H and O–H groups in total. The third kappa shape index (κ3) is 5.29. The molecule has 9 heteroatoms. The number of esters is 1. The molecule has 0 bridgehead atoms. The van der Waals surface area contributed by atoms with E-state index < -0.39 is 5.97 Å². The number of anilines is 1. The first kappa shape index (κ1) is 20.6. The molecule has 1 aromatic heterocycles. The van der Waals surface area contributed by atoms with Crippen LogP contribution in [0.1, 0.15) is 39.4 Å². The summed E-state index contributed by atoms with van der Waals surface area (Å²) in [5, 5.41) is 3.02. The summed E-state index contributed by atoms with van der Waals surface area (Å²) in [4.78, 5) is 38.1. The third-order valence-corrected chi connectivity index (χ3v) is 5.94. The molecule has 6 nitrogen and oxygen atoms in total. The fourth-order valence-corrected chi connectivity index (χ4v) is 3.67. The topological polar surface area (TPSA) is 75.7 Å². The van der Waals surface area contributed by atoms with Crippen LogP contribution in [-0.4, -0.2) is 53.3 Å². The van der Waals surface area contributed by atoms with E-state index in [1.807, 2.05) is 0 Å². The van der Waals surface area contributed by atoms with Gasteiger partial charge in [-0.05, 0) is 26.3 Å². The number of ketones is 1. The van der Waals surface area contributed by atoms with Crippen LogP contribution in [0.25, 0.3) is 0 Å². The molecule has 1 aromatic rings. The molecule has 0 aliphatic heterocycles. The molecule has 0 saturated carbocycles. The van der Waals surface area contributed by atoms with Crippen LogP contribution in [0, 0.1) is 6.92 Å². The Bertz CT molecular complexity index is 668. The Hall–Kier alpha value is -1.45. The van der Waals surface area contributed by atoms with Gasteiger partial charge in [0.05, 0.1) is 22.8 Å². The number of thiophene rings is 1. The van der Waals surface area contributed by atoms with Crippen LogP contribution in [-0.2, 0) is 9.53 Å². The van der Waals surface area contributed by atoms with Gasteiger partial charge in [0.15, 0.2) is 5.78 Å². The highest BCUT2D eigenvalue weighted by atomic mass is 32.2. The number of nitrogens with one attached hydrogen (secondary N) is 1. The Morgan fingerprint density at radius 1 is 1.33 bits per heavy atom. The number of amides is 1. The zero-order chi connectivity index (χ0) is 18.4. The first-order chi connectivity index (χ1) is 11.2. The molecule has 132 valence electrons. The quantitative estimate of drug-likeness (QED) is 0.456. The molecule has 0 aliphatic rings. The summed E-state index contributed by atoms with van der Waals surface area (Å²) in [6.07, 6.45) is 0. The van der Waals surface area contributed by atoms with E-state index in [0.717, 1.165) is 11.3 Å². The van der Waals surface area contributed by atoms with Gasteiger partial charge in [-0.1, -0.05) is 24.0 Å². The zero-order valence-electron chi connectivity index (χ0n) is 14.2. The van der Waals surface area contributed by atoms with E-state index in [4.69, 9.17) is 17.0 Å². The van der Waals surface area contributed by atoms with Crippen molar-refractivity contribution in [2.75, 3.05) is 31.8 Å². The van der Waals surface area contributed by atoms with Crippen molar-refractivity contribution in [3.63, 3.8) is 0 Å². The Kier molecular flexibility index (Phi) is 7.85. The Morgan fingerprint density at radius 3 is 2.46 bits per heavy atom. The number of carbonyl (C=O) groups excluding carboxylic acids is 3. The highest BCUT2D eigenvalue weighted by Gasteiger charge is 2.25. The average Bonchev–Trinajstić information content (AvgIpc) is 2.81. The van der Waals surface area contributed by atoms with Gasteiger partial charge < -0.3 is 15.0 Å². The van der Waals surface area contributed by atoms with Crippen LogP contribution >= 0.6 is 35.3 Å². The van der Waals surface area contributed by atoms with Crippen molar-refractivity contribution < 1.29 is 19.1 Å². The van der Waals surface area contributed by atoms with Crippen LogP contribution in [0.15, 0.2) is 0 Å². The second-order valence-corrected chi connectivity index (χ2v) is 7.66. The molecule has 0 spiro atoms. The summed E-state index contributed by atoms with van der Waals surface area (Å²) >= 11 is 7.42. The van der Waals surface area contributed by atoms with Gasteiger partial charge in [-0.25, -0.2) is 4.79 Å². The lowest BCUT2D eigenvalue weighted by atomic mass is 10.1. The average molecular weight is 389 g/mol. The highest BCUT2D eigenvalue weighted by Crippen LogP contribution is 2.34. The number of thioether (sulfide) groups is 1. The van der Waals surface area contributed by atoms with Crippen molar-refractivity contribution in [1.29, 1.82) is 0 Å². The molecule has 0 unspecified atom stereocenters. The van der Waals surface area contributed by atoms with Crippen LogP contribution < -0.4 is 5.32 Å². The molecular weight excluding hydrogens is 368 g/mol. The summed E-state index contributed by atoms with van der Waals surface area (Å²) in [5.41, 5.74) is 0.762. The third-order valence-electron chi connectivity index (χ3n) is 2.89. The van der Waals surface area contributed by atoms with E-state index in [-0.39, 0.29) is 29.6 Å². The van der Waals surface area contributed by atoms with E-state index in [2.05, 4.69) is 5.32 Å². The lowest BCUT2D eigenvalue weighted by Gasteiger charge is -2.12. The summed E-state index contributed by atoms with van der Waals surface area (Å²) < 4.78 is 5.61. The van der Waals surface area contributed by atoms with Crippen LogP contribution in [0.5, 0.6) is 0 Å². The van der Waals surface area contributed by atoms with Crippen molar-refractivity contribution in [2.45, 2.75) is 20.8 Å². The van der Waals surface area contributed by atoms with Gasteiger partial charge >= 0.3 is 5.97 Å². The van der Waals surface area contributed by atoms with Crippen molar-refractivity contribution in [3.05, 3.63) is 16.0 Å². The molecule has 0 aliphatic carbocycles. The van der Waals surface area contributed by atoms with Crippen molar-refractivity contribution in [1.82, 2.24) is 4.90 Å². The first-order valence-electron chi connectivity index (χ1n) is 7.14. The Balaban J connectivity index is 2.99. The van der Waals surface area contributed by atoms with Crippen LogP contribution in [0.4, 0.5) is 5.00 Å². The fourth-order valence-electron chi connectivity index (χ4n) is 1.81. The Labute approximate surface area is 154 Å². The minimum atomic E-state index is -0.550. The normalized spacial score (nSPS) is 10.2. The minimum absolute atomic E-state index is 0.117. The predicted octanol–water partition coefficient (Wildman–Crippen LogP) is 2.95. The smallest absolute Gasteiger partial charge is 0.341 e. The number of thiocarbonyl (C=S) groups is 1. The fraction of sp³-hybridized carbons (Fsp3) is 0.467. The monoisotopic (exact) mass is 388 g/mol. The molecule has 1 amide bonds. The van der Waals surface area contributed by atoms with Gasteiger partial charge in [0.1, 0.15) is 9.32 Å². The second kappa shape index (κ2) is 9.14. The number of Topliss-reactive ketones (excluding diaryl/α,β-unsaturated/α-hetero) is 1.